The largest absolute Gasteiger partial charge is 0.481 e. The number of rotatable bonds is 4. The highest BCUT2D eigenvalue weighted by Gasteiger charge is 2.36. The summed E-state index contributed by atoms with van der Waals surface area (Å²) in [5.41, 5.74) is 0. The summed E-state index contributed by atoms with van der Waals surface area (Å²) >= 11 is 7.13. The minimum absolute atomic E-state index is 0.110. The first kappa shape index (κ1) is 17.5. The number of carboxylic acid groups (broad SMARTS) is 1. The van der Waals surface area contributed by atoms with Crippen molar-refractivity contribution >= 4 is 40.1 Å². The fraction of sp³-hybridized carbons (Fsp3) is 0.688. The second-order valence-electron chi connectivity index (χ2n) is 6.59. The van der Waals surface area contributed by atoms with Crippen LogP contribution in [0.1, 0.15) is 51.4 Å². The Morgan fingerprint density at radius 1 is 1.17 bits per heavy atom. The highest BCUT2D eigenvalue weighted by atomic mass is 35.5. The molecular weight excluding hydrogens is 350 g/mol. The lowest BCUT2D eigenvalue weighted by atomic mass is 9.85. The first-order chi connectivity index (χ1) is 11.5. The number of hydrogen-bond donors (Lipinski definition) is 2. The van der Waals surface area contributed by atoms with E-state index in [4.69, 9.17) is 16.7 Å². The number of hydrogen-bond acceptors (Lipinski definition) is 4. The molecule has 2 amide bonds. The van der Waals surface area contributed by atoms with Crippen molar-refractivity contribution in [2.24, 2.45) is 5.92 Å². The molecule has 2 fully saturated rings. The second kappa shape index (κ2) is 7.70. The van der Waals surface area contributed by atoms with Crippen molar-refractivity contribution in [3.8, 4) is 0 Å². The number of carboxylic acids is 1. The van der Waals surface area contributed by atoms with Gasteiger partial charge < -0.3 is 10.0 Å². The van der Waals surface area contributed by atoms with Gasteiger partial charge >= 0.3 is 12.0 Å². The van der Waals surface area contributed by atoms with Crippen molar-refractivity contribution in [3.05, 3.63) is 10.5 Å². The van der Waals surface area contributed by atoms with E-state index in [-0.39, 0.29) is 24.0 Å². The number of urea groups is 1. The van der Waals surface area contributed by atoms with E-state index in [2.05, 4.69) is 10.3 Å². The number of nitrogens with zero attached hydrogens (tertiary/aromatic N) is 2. The van der Waals surface area contributed by atoms with Crippen LogP contribution >= 0.6 is 22.9 Å². The lowest BCUT2D eigenvalue weighted by molar-refractivity contribution is -0.143. The number of aromatic nitrogens is 1. The zero-order valence-corrected chi connectivity index (χ0v) is 15.0. The first-order valence-electron chi connectivity index (χ1n) is 8.48. The third kappa shape index (κ3) is 4.00. The summed E-state index contributed by atoms with van der Waals surface area (Å²) in [7, 11) is 0. The summed E-state index contributed by atoms with van der Waals surface area (Å²) < 4.78 is 0.541. The summed E-state index contributed by atoms with van der Waals surface area (Å²) in [6, 6.07) is 0.220. The maximum Gasteiger partial charge on any atom is 0.324 e. The normalized spacial score (nSPS) is 24.7. The van der Waals surface area contributed by atoms with Crippen molar-refractivity contribution in [1.82, 2.24) is 9.88 Å². The number of aliphatic carboxylic acids is 1. The van der Waals surface area contributed by atoms with Gasteiger partial charge in [-0.25, -0.2) is 9.78 Å². The van der Waals surface area contributed by atoms with Gasteiger partial charge in [0.1, 0.15) is 4.34 Å². The van der Waals surface area contributed by atoms with E-state index in [1.807, 2.05) is 4.90 Å². The van der Waals surface area contributed by atoms with Gasteiger partial charge in [0, 0.05) is 12.1 Å². The van der Waals surface area contributed by atoms with E-state index in [1.165, 1.54) is 17.5 Å². The number of carbonyl (C=O) groups excluding carboxylic acids is 1. The maximum absolute atomic E-state index is 12.8. The molecule has 1 aromatic heterocycles. The van der Waals surface area contributed by atoms with Crippen LogP contribution in [0, 0.1) is 5.92 Å². The Balaban J connectivity index is 1.69. The number of nitrogens with one attached hydrogen (secondary N) is 1. The molecule has 0 aromatic carbocycles. The standard InChI is InChI=1S/C16H22ClN3O3S/c17-13-9-18-15(24-13)19-16(23)20(11-3-1-2-4-11)12-7-5-10(6-8-12)14(21)22/h9-12H,1-8H2,(H,21,22)(H,18,19,23). The molecule has 8 heteroatoms. The highest BCUT2D eigenvalue weighted by molar-refractivity contribution is 7.19. The quantitative estimate of drug-likeness (QED) is 0.830. The topological polar surface area (TPSA) is 82.5 Å². The van der Waals surface area contributed by atoms with Crippen LogP contribution < -0.4 is 5.32 Å². The molecule has 0 bridgehead atoms. The van der Waals surface area contributed by atoms with E-state index in [1.54, 1.807) is 0 Å². The maximum atomic E-state index is 12.8. The average Bonchev–Trinajstić information content (AvgIpc) is 3.20. The minimum atomic E-state index is -0.720. The second-order valence-corrected chi connectivity index (χ2v) is 8.25. The Hall–Kier alpha value is -1.34. The van der Waals surface area contributed by atoms with Crippen molar-refractivity contribution in [2.75, 3.05) is 5.32 Å². The van der Waals surface area contributed by atoms with Crippen LogP contribution in [0.5, 0.6) is 0 Å². The molecule has 2 aliphatic rings. The summed E-state index contributed by atoms with van der Waals surface area (Å²) in [5, 5.41) is 12.5. The Bertz CT molecular complexity index is 595. The molecule has 0 unspecified atom stereocenters. The van der Waals surface area contributed by atoms with E-state index >= 15 is 0 Å². The molecule has 2 aliphatic carbocycles. The van der Waals surface area contributed by atoms with Gasteiger partial charge in [-0.1, -0.05) is 35.8 Å². The van der Waals surface area contributed by atoms with Crippen LogP contribution in [0.2, 0.25) is 4.34 Å². The van der Waals surface area contributed by atoms with Crippen molar-refractivity contribution in [3.63, 3.8) is 0 Å². The monoisotopic (exact) mass is 371 g/mol. The van der Waals surface area contributed by atoms with E-state index in [0.29, 0.717) is 22.3 Å². The van der Waals surface area contributed by atoms with E-state index in [9.17, 15) is 9.59 Å². The molecule has 2 saturated carbocycles. The Kier molecular flexibility index (Phi) is 5.61. The van der Waals surface area contributed by atoms with Crippen LogP contribution in [-0.4, -0.2) is 39.1 Å². The van der Waals surface area contributed by atoms with Crippen LogP contribution in [-0.2, 0) is 4.79 Å². The van der Waals surface area contributed by atoms with Crippen LogP contribution in [0.3, 0.4) is 0 Å². The van der Waals surface area contributed by atoms with E-state index in [0.717, 1.165) is 38.5 Å². The zero-order chi connectivity index (χ0) is 17.1. The molecule has 0 radical (unpaired) electrons. The average molecular weight is 372 g/mol. The molecule has 0 spiro atoms. The number of amides is 2. The number of thiazole rings is 1. The lowest BCUT2D eigenvalue weighted by Gasteiger charge is -2.39. The first-order valence-corrected chi connectivity index (χ1v) is 9.67. The van der Waals surface area contributed by atoms with Crippen molar-refractivity contribution in [2.45, 2.75) is 63.5 Å². The van der Waals surface area contributed by atoms with Gasteiger partial charge in [0.25, 0.3) is 0 Å². The fourth-order valence-electron chi connectivity index (χ4n) is 3.88. The van der Waals surface area contributed by atoms with Gasteiger partial charge in [-0.2, -0.15) is 0 Å². The summed E-state index contributed by atoms with van der Waals surface area (Å²) in [6.45, 7) is 0. The van der Waals surface area contributed by atoms with E-state index < -0.39 is 5.97 Å². The van der Waals surface area contributed by atoms with Crippen LogP contribution in [0.25, 0.3) is 0 Å². The molecule has 2 N–H and O–H groups in total. The van der Waals surface area contributed by atoms with Gasteiger partial charge in [0.05, 0.1) is 12.1 Å². The SMILES string of the molecule is O=C(O)C1CCC(N(C(=O)Nc2ncc(Cl)s2)C2CCCC2)CC1. The molecule has 0 atom stereocenters. The molecule has 1 aromatic rings. The predicted molar refractivity (Wildman–Crippen MR) is 93.6 cm³/mol. The van der Waals surface area contributed by atoms with Gasteiger partial charge in [-0.3, -0.25) is 10.1 Å². The van der Waals surface area contributed by atoms with Crippen LogP contribution in [0.15, 0.2) is 6.20 Å². The van der Waals surface area contributed by atoms with Crippen molar-refractivity contribution in [1.29, 1.82) is 0 Å². The zero-order valence-electron chi connectivity index (χ0n) is 13.4. The Morgan fingerprint density at radius 3 is 2.33 bits per heavy atom. The molecule has 24 heavy (non-hydrogen) atoms. The summed E-state index contributed by atoms with van der Waals surface area (Å²) in [6.07, 6.45) is 8.62. The Morgan fingerprint density at radius 2 is 1.79 bits per heavy atom. The fourth-order valence-corrected chi connectivity index (χ4v) is 4.68. The number of halogens is 1. The third-order valence-electron chi connectivity index (χ3n) is 5.08. The number of carbonyl (C=O) groups is 2. The van der Waals surface area contributed by atoms with Crippen LogP contribution in [0.4, 0.5) is 9.93 Å². The minimum Gasteiger partial charge on any atom is -0.481 e. The van der Waals surface area contributed by atoms with Gasteiger partial charge in [-0.05, 0) is 38.5 Å². The summed E-state index contributed by atoms with van der Waals surface area (Å²) in [4.78, 5) is 30.1. The smallest absolute Gasteiger partial charge is 0.324 e. The van der Waals surface area contributed by atoms with Gasteiger partial charge in [-0.15, -0.1) is 0 Å². The lowest BCUT2D eigenvalue weighted by Crippen LogP contribution is -2.49. The molecule has 132 valence electrons. The summed E-state index contributed by atoms with van der Waals surface area (Å²) in [5.74, 6) is -0.991. The molecule has 6 nitrogen and oxygen atoms in total. The molecule has 0 saturated heterocycles. The highest BCUT2D eigenvalue weighted by Crippen LogP contribution is 2.34. The van der Waals surface area contributed by atoms with Gasteiger partial charge in [0.2, 0.25) is 0 Å². The van der Waals surface area contributed by atoms with Gasteiger partial charge in [0.15, 0.2) is 5.13 Å². The third-order valence-corrected chi connectivity index (χ3v) is 6.11. The molecular formula is C16H22ClN3O3S. The molecule has 0 aliphatic heterocycles. The number of anilines is 1. The molecule has 3 rings (SSSR count). The van der Waals surface area contributed by atoms with Crippen molar-refractivity contribution < 1.29 is 14.7 Å². The predicted octanol–water partition coefficient (Wildman–Crippen LogP) is 4.22. The molecule has 1 heterocycles. The Labute approximate surface area is 150 Å².